The van der Waals surface area contributed by atoms with Crippen LogP contribution in [-0.4, -0.2) is 44.5 Å². The second-order valence-corrected chi connectivity index (χ2v) is 7.76. The molecule has 0 aliphatic heterocycles. The van der Waals surface area contributed by atoms with Crippen molar-refractivity contribution in [2.75, 3.05) is 25.9 Å². The zero-order chi connectivity index (χ0) is 16.8. The third-order valence-corrected chi connectivity index (χ3v) is 4.84. The van der Waals surface area contributed by atoms with Gasteiger partial charge in [0.05, 0.1) is 12.8 Å². The van der Waals surface area contributed by atoms with Crippen LogP contribution in [0.2, 0.25) is 10.0 Å². The number of amides is 1. The van der Waals surface area contributed by atoms with Crippen LogP contribution in [0.1, 0.15) is 18.9 Å². The number of carbonyl (C=O) groups is 1. The topological polar surface area (TPSA) is 66.5 Å². The highest BCUT2D eigenvalue weighted by Crippen LogP contribution is 2.21. The maximum Gasteiger partial charge on any atom is 0.235 e. The van der Waals surface area contributed by atoms with E-state index in [1.807, 2.05) is 6.92 Å². The number of benzene rings is 1. The van der Waals surface area contributed by atoms with E-state index in [4.69, 9.17) is 23.2 Å². The van der Waals surface area contributed by atoms with Crippen LogP contribution in [0.25, 0.3) is 0 Å². The quantitative estimate of drug-likeness (QED) is 0.767. The molecule has 5 nitrogen and oxygen atoms in total. The van der Waals surface area contributed by atoms with Crippen molar-refractivity contribution in [3.8, 4) is 0 Å². The molecule has 0 aromatic heterocycles. The molecule has 1 amide bonds. The molecule has 22 heavy (non-hydrogen) atoms. The number of hydrogen-bond acceptors (Lipinski definition) is 3. The highest BCUT2D eigenvalue weighted by Gasteiger charge is 2.20. The van der Waals surface area contributed by atoms with E-state index in [0.717, 1.165) is 22.5 Å². The first kappa shape index (κ1) is 19.2. The molecule has 8 heteroatoms. The van der Waals surface area contributed by atoms with Gasteiger partial charge < -0.3 is 5.32 Å². The van der Waals surface area contributed by atoms with Crippen LogP contribution < -0.4 is 5.32 Å². The number of nitrogens with zero attached hydrogens (tertiary/aromatic N) is 1. The molecule has 0 bridgehead atoms. The Morgan fingerprint density at radius 3 is 2.55 bits per heavy atom. The first-order valence-electron chi connectivity index (χ1n) is 6.89. The van der Waals surface area contributed by atoms with Gasteiger partial charge in [-0.05, 0) is 30.5 Å². The lowest BCUT2D eigenvalue weighted by atomic mass is 10.1. The first-order chi connectivity index (χ1) is 10.2. The third kappa shape index (κ3) is 6.52. The molecule has 0 fully saturated rings. The number of carbonyl (C=O) groups excluding carboxylic acids is 1. The average Bonchev–Trinajstić information content (AvgIpc) is 2.41. The van der Waals surface area contributed by atoms with Gasteiger partial charge in [-0.1, -0.05) is 36.2 Å². The largest absolute Gasteiger partial charge is 0.355 e. The zero-order valence-electron chi connectivity index (χ0n) is 12.6. The normalized spacial score (nSPS) is 11.7. The first-order valence-corrected chi connectivity index (χ1v) is 9.50. The minimum atomic E-state index is -3.47. The average molecular weight is 367 g/mol. The van der Waals surface area contributed by atoms with Gasteiger partial charge in [0, 0.05) is 23.1 Å². The highest BCUT2D eigenvalue weighted by molar-refractivity contribution is 7.88. The molecule has 0 saturated heterocycles. The molecular formula is C14H20Cl2N2O3S. The van der Waals surface area contributed by atoms with Crippen LogP contribution >= 0.6 is 23.2 Å². The Morgan fingerprint density at radius 2 is 2.00 bits per heavy atom. The summed E-state index contributed by atoms with van der Waals surface area (Å²) in [5.74, 6) is -0.311. The summed E-state index contributed by atoms with van der Waals surface area (Å²) >= 11 is 11.9. The molecule has 0 saturated carbocycles. The summed E-state index contributed by atoms with van der Waals surface area (Å²) in [6.07, 6.45) is 2.29. The van der Waals surface area contributed by atoms with Crippen molar-refractivity contribution in [1.82, 2.24) is 9.62 Å². The number of halogens is 2. The summed E-state index contributed by atoms with van der Waals surface area (Å²) in [6.45, 7) is 2.44. The van der Waals surface area contributed by atoms with E-state index in [0.29, 0.717) is 23.0 Å². The Bertz CT molecular complexity index is 621. The number of hydrogen-bond donors (Lipinski definition) is 1. The molecule has 0 spiro atoms. The SMILES string of the molecule is CCCNC(=O)CN(CCc1ccc(Cl)cc1Cl)S(C)(=O)=O. The summed E-state index contributed by atoms with van der Waals surface area (Å²) in [5, 5.41) is 3.67. The smallest absolute Gasteiger partial charge is 0.235 e. The van der Waals surface area contributed by atoms with E-state index in [2.05, 4.69) is 5.32 Å². The van der Waals surface area contributed by atoms with Crippen molar-refractivity contribution < 1.29 is 13.2 Å². The van der Waals surface area contributed by atoms with Gasteiger partial charge in [-0.3, -0.25) is 4.79 Å². The maximum atomic E-state index is 11.8. The van der Waals surface area contributed by atoms with Crippen molar-refractivity contribution >= 4 is 39.1 Å². The van der Waals surface area contributed by atoms with E-state index in [9.17, 15) is 13.2 Å². The van der Waals surface area contributed by atoms with Crippen LogP contribution in [0.4, 0.5) is 0 Å². The summed E-state index contributed by atoms with van der Waals surface area (Å²) < 4.78 is 24.7. The third-order valence-electron chi connectivity index (χ3n) is 3.01. The monoisotopic (exact) mass is 366 g/mol. The Hall–Kier alpha value is -0.820. The Kier molecular flexibility index (Phi) is 7.62. The summed E-state index contributed by atoms with van der Waals surface area (Å²) in [4.78, 5) is 11.7. The van der Waals surface area contributed by atoms with Crippen molar-refractivity contribution in [2.24, 2.45) is 0 Å². The summed E-state index contributed by atoms with van der Waals surface area (Å²) in [6, 6.07) is 5.06. The van der Waals surface area contributed by atoms with Crippen molar-refractivity contribution in [3.63, 3.8) is 0 Å². The standard InChI is InChI=1S/C14H20Cl2N2O3S/c1-3-7-17-14(19)10-18(22(2,20)21)8-6-11-4-5-12(15)9-13(11)16/h4-5,9H,3,6-8,10H2,1-2H3,(H,17,19). The van der Waals surface area contributed by atoms with E-state index in [-0.39, 0.29) is 19.0 Å². The van der Waals surface area contributed by atoms with Gasteiger partial charge in [-0.2, -0.15) is 4.31 Å². The van der Waals surface area contributed by atoms with E-state index >= 15 is 0 Å². The van der Waals surface area contributed by atoms with E-state index in [1.54, 1.807) is 18.2 Å². The second kappa shape index (κ2) is 8.72. The van der Waals surface area contributed by atoms with Gasteiger partial charge in [-0.25, -0.2) is 8.42 Å². The fourth-order valence-corrected chi connectivity index (χ4v) is 3.09. The van der Waals surface area contributed by atoms with Crippen LogP contribution in [-0.2, 0) is 21.2 Å². The molecule has 1 N–H and O–H groups in total. The van der Waals surface area contributed by atoms with Crippen LogP contribution in [0.15, 0.2) is 18.2 Å². The lowest BCUT2D eigenvalue weighted by molar-refractivity contribution is -0.121. The Balaban J connectivity index is 2.72. The fraction of sp³-hybridized carbons (Fsp3) is 0.500. The van der Waals surface area contributed by atoms with Crippen molar-refractivity contribution in [2.45, 2.75) is 19.8 Å². The van der Waals surface area contributed by atoms with Crippen LogP contribution in [0.3, 0.4) is 0 Å². The highest BCUT2D eigenvalue weighted by atomic mass is 35.5. The van der Waals surface area contributed by atoms with E-state index in [1.165, 1.54) is 0 Å². The lowest BCUT2D eigenvalue weighted by Crippen LogP contribution is -2.41. The second-order valence-electron chi connectivity index (χ2n) is 4.93. The van der Waals surface area contributed by atoms with Gasteiger partial charge in [0.15, 0.2) is 0 Å². The van der Waals surface area contributed by atoms with E-state index < -0.39 is 10.0 Å². The predicted molar refractivity (Wildman–Crippen MR) is 89.9 cm³/mol. The molecule has 1 aromatic carbocycles. The molecular weight excluding hydrogens is 347 g/mol. The number of nitrogens with one attached hydrogen (secondary N) is 1. The van der Waals surface area contributed by atoms with Crippen molar-refractivity contribution in [1.29, 1.82) is 0 Å². The number of rotatable bonds is 8. The molecule has 0 aliphatic rings. The summed E-state index contributed by atoms with van der Waals surface area (Å²) in [7, 11) is -3.47. The van der Waals surface area contributed by atoms with Gasteiger partial charge in [0.2, 0.25) is 15.9 Å². The predicted octanol–water partition coefficient (Wildman–Crippen LogP) is 2.32. The summed E-state index contributed by atoms with van der Waals surface area (Å²) in [5.41, 5.74) is 0.786. The molecule has 0 heterocycles. The Labute approximate surface area is 141 Å². The van der Waals surface area contributed by atoms with Gasteiger partial charge in [0.25, 0.3) is 0 Å². The molecule has 1 rings (SSSR count). The molecule has 0 unspecified atom stereocenters. The lowest BCUT2D eigenvalue weighted by Gasteiger charge is -2.19. The maximum absolute atomic E-state index is 11.8. The Morgan fingerprint density at radius 1 is 1.32 bits per heavy atom. The van der Waals surface area contributed by atoms with Gasteiger partial charge >= 0.3 is 0 Å². The molecule has 0 atom stereocenters. The molecule has 0 radical (unpaired) electrons. The molecule has 124 valence electrons. The number of sulfonamides is 1. The van der Waals surface area contributed by atoms with Crippen LogP contribution in [0, 0.1) is 0 Å². The zero-order valence-corrected chi connectivity index (χ0v) is 14.9. The van der Waals surface area contributed by atoms with Gasteiger partial charge in [-0.15, -0.1) is 0 Å². The van der Waals surface area contributed by atoms with Gasteiger partial charge in [0.1, 0.15) is 0 Å². The van der Waals surface area contributed by atoms with Crippen LogP contribution in [0.5, 0.6) is 0 Å². The molecule has 0 aliphatic carbocycles. The molecule has 1 aromatic rings. The van der Waals surface area contributed by atoms with Crippen molar-refractivity contribution in [3.05, 3.63) is 33.8 Å². The minimum Gasteiger partial charge on any atom is -0.355 e. The fourth-order valence-electron chi connectivity index (χ4n) is 1.81. The minimum absolute atomic E-state index is 0.180.